The Balaban J connectivity index is 0.000000374. The summed E-state index contributed by atoms with van der Waals surface area (Å²) in [6.07, 6.45) is -0.530. The predicted octanol–water partition coefficient (Wildman–Crippen LogP) is 5.70. The molecular weight excluding hydrogens is 449 g/mol. The summed E-state index contributed by atoms with van der Waals surface area (Å²) in [6, 6.07) is 17.0. The zero-order chi connectivity index (χ0) is 24.0. The molecule has 0 bridgehead atoms. The highest BCUT2D eigenvalue weighted by Crippen LogP contribution is 2.28. The van der Waals surface area contributed by atoms with Crippen molar-refractivity contribution in [1.29, 1.82) is 0 Å². The summed E-state index contributed by atoms with van der Waals surface area (Å²) in [6.45, 7) is 4.41. The van der Waals surface area contributed by atoms with Gasteiger partial charge in [-0.05, 0) is 49.7 Å². The van der Waals surface area contributed by atoms with Gasteiger partial charge in [0.15, 0.2) is 5.69 Å². The molecule has 1 amide bonds. The van der Waals surface area contributed by atoms with Gasteiger partial charge in [-0.3, -0.25) is 4.90 Å². The number of hydrogen-bond donors (Lipinski definition) is 2. The summed E-state index contributed by atoms with van der Waals surface area (Å²) < 4.78 is 18.9. The van der Waals surface area contributed by atoms with Gasteiger partial charge in [0.2, 0.25) is 0 Å². The molecule has 33 heavy (non-hydrogen) atoms. The highest BCUT2D eigenvalue weighted by Gasteiger charge is 2.25. The lowest BCUT2D eigenvalue weighted by atomic mass is 10.1. The van der Waals surface area contributed by atoms with E-state index in [2.05, 4.69) is 29.4 Å². The van der Waals surface area contributed by atoms with Gasteiger partial charge in [-0.25, -0.2) is 19.0 Å². The molecule has 0 saturated carbocycles. The number of ether oxygens (including phenoxy) is 1. The molecule has 1 aromatic heterocycles. The van der Waals surface area contributed by atoms with Crippen LogP contribution in [-0.4, -0.2) is 35.3 Å². The van der Waals surface area contributed by atoms with Crippen LogP contribution in [0.3, 0.4) is 0 Å². The molecule has 4 rings (SSSR count). The van der Waals surface area contributed by atoms with Gasteiger partial charge in [0, 0.05) is 6.04 Å². The summed E-state index contributed by atoms with van der Waals surface area (Å²) >= 11 is 5.74. The Morgan fingerprint density at radius 1 is 1.21 bits per heavy atom. The van der Waals surface area contributed by atoms with E-state index in [-0.39, 0.29) is 23.1 Å². The number of carbonyl (C=O) groups excluding carboxylic acids is 1. The van der Waals surface area contributed by atoms with E-state index < -0.39 is 23.9 Å². The van der Waals surface area contributed by atoms with Crippen molar-refractivity contribution in [1.82, 2.24) is 4.98 Å². The number of aromatic nitrogens is 1. The van der Waals surface area contributed by atoms with E-state index in [9.17, 15) is 19.1 Å². The topological polar surface area (TPSA) is 91.8 Å². The zero-order valence-electron chi connectivity index (χ0n) is 18.1. The summed E-state index contributed by atoms with van der Waals surface area (Å²) in [5.41, 5.74) is 2.25. The zero-order valence-corrected chi connectivity index (χ0v) is 18.8. The molecule has 7 nitrogen and oxygen atoms in total. The van der Waals surface area contributed by atoms with Gasteiger partial charge >= 0.3 is 12.1 Å². The van der Waals surface area contributed by atoms with Crippen molar-refractivity contribution in [3.8, 4) is 0 Å². The molecule has 1 aliphatic heterocycles. The quantitative estimate of drug-likeness (QED) is 0.464. The number of hydrogen-bond acceptors (Lipinski definition) is 5. The lowest BCUT2D eigenvalue weighted by molar-refractivity contribution is 0.0691. The number of halogens is 2. The fourth-order valence-corrected chi connectivity index (χ4v) is 3.34. The number of benzene rings is 2. The maximum atomic E-state index is 14.0. The van der Waals surface area contributed by atoms with Gasteiger partial charge in [0.25, 0.3) is 0 Å². The van der Waals surface area contributed by atoms with E-state index in [0.29, 0.717) is 17.8 Å². The number of pyridine rings is 1. The van der Waals surface area contributed by atoms with Gasteiger partial charge in [-0.15, -0.1) is 0 Å². The van der Waals surface area contributed by atoms with Crippen LogP contribution < -0.4 is 10.2 Å². The number of nitrogens with zero attached hydrogens (tertiary/aromatic N) is 2. The summed E-state index contributed by atoms with van der Waals surface area (Å²) in [5.74, 6) is -1.75. The van der Waals surface area contributed by atoms with Crippen LogP contribution >= 0.6 is 11.6 Å². The van der Waals surface area contributed by atoms with E-state index in [1.807, 2.05) is 18.2 Å². The van der Waals surface area contributed by atoms with Gasteiger partial charge in [-0.2, -0.15) is 0 Å². The first-order valence-electron chi connectivity index (χ1n) is 10.2. The first-order valence-corrected chi connectivity index (χ1v) is 10.5. The van der Waals surface area contributed by atoms with Crippen LogP contribution in [0, 0.1) is 12.7 Å². The molecular formula is C24H23ClFN3O4. The fraction of sp³-hybridized carbons (Fsp3) is 0.208. The molecule has 1 atom stereocenters. The van der Waals surface area contributed by atoms with E-state index in [1.54, 1.807) is 13.0 Å². The number of amides is 1. The average Bonchev–Trinajstić information content (AvgIpc) is 3.21. The molecule has 0 spiro atoms. The minimum absolute atomic E-state index is 0.0567. The number of carbonyl (C=O) groups is 2. The van der Waals surface area contributed by atoms with Crippen molar-refractivity contribution in [2.75, 3.05) is 23.4 Å². The summed E-state index contributed by atoms with van der Waals surface area (Å²) in [7, 11) is 0. The number of anilines is 2. The van der Waals surface area contributed by atoms with E-state index in [4.69, 9.17) is 16.3 Å². The van der Waals surface area contributed by atoms with Crippen LogP contribution in [0.5, 0.6) is 0 Å². The number of nitrogens with one attached hydrogen (secondary N) is 1. The molecule has 2 heterocycles. The van der Waals surface area contributed by atoms with Gasteiger partial charge in [0.1, 0.15) is 17.6 Å². The summed E-state index contributed by atoms with van der Waals surface area (Å²) in [5, 5.41) is 12.3. The van der Waals surface area contributed by atoms with Gasteiger partial charge in [-0.1, -0.05) is 47.5 Å². The maximum Gasteiger partial charge on any atom is 0.414 e. The van der Waals surface area contributed by atoms with Gasteiger partial charge < -0.3 is 15.2 Å². The normalized spacial score (nSPS) is 13.6. The fourth-order valence-electron chi connectivity index (χ4n) is 3.20. The molecule has 2 aromatic carbocycles. The molecule has 9 heteroatoms. The van der Waals surface area contributed by atoms with Crippen LogP contribution in [0.4, 0.5) is 20.6 Å². The third-order valence-corrected chi connectivity index (χ3v) is 5.06. The Bertz CT molecular complexity index is 1140. The minimum atomic E-state index is -1.23. The molecule has 1 saturated heterocycles. The van der Waals surface area contributed by atoms with Crippen molar-refractivity contribution in [3.05, 3.63) is 88.5 Å². The maximum absolute atomic E-state index is 14.0. The molecule has 2 N–H and O–H groups in total. The third-order valence-electron chi connectivity index (χ3n) is 4.85. The monoisotopic (exact) mass is 471 g/mol. The first kappa shape index (κ1) is 24.0. The second-order valence-electron chi connectivity index (χ2n) is 7.36. The standard InChI is InChI=1S/C17H15ClFN3O4.C7H8/c1-9(20-13-2-3-14(18)21-15(13)16(23)24)10-6-11(19)8-12(7-10)22-4-5-26-17(22)25;1-7-5-3-2-4-6-7/h2-3,6-9,20H,4-5H2,1H3,(H,23,24);2-6H,1H3. The Hall–Kier alpha value is -3.65. The number of rotatable bonds is 5. The molecule has 1 fully saturated rings. The summed E-state index contributed by atoms with van der Waals surface area (Å²) in [4.78, 5) is 28.1. The highest BCUT2D eigenvalue weighted by molar-refractivity contribution is 6.29. The molecule has 3 aromatic rings. The Morgan fingerprint density at radius 2 is 1.94 bits per heavy atom. The molecule has 1 aliphatic rings. The number of carboxylic acids is 1. The minimum Gasteiger partial charge on any atom is -0.476 e. The Labute approximate surface area is 195 Å². The van der Waals surface area contributed by atoms with Crippen molar-refractivity contribution in [2.45, 2.75) is 19.9 Å². The predicted molar refractivity (Wildman–Crippen MR) is 125 cm³/mol. The highest BCUT2D eigenvalue weighted by atomic mass is 35.5. The van der Waals surface area contributed by atoms with Gasteiger partial charge in [0.05, 0.1) is 17.9 Å². The van der Waals surface area contributed by atoms with Crippen molar-refractivity contribution in [2.24, 2.45) is 0 Å². The van der Waals surface area contributed by atoms with Crippen molar-refractivity contribution in [3.63, 3.8) is 0 Å². The average molecular weight is 472 g/mol. The molecule has 0 radical (unpaired) electrons. The van der Waals surface area contributed by atoms with Crippen LogP contribution in [-0.2, 0) is 4.74 Å². The van der Waals surface area contributed by atoms with Crippen LogP contribution in [0.15, 0.2) is 60.7 Å². The Kier molecular flexibility index (Phi) is 7.84. The second kappa shape index (κ2) is 10.8. The molecule has 0 aliphatic carbocycles. The van der Waals surface area contributed by atoms with Crippen molar-refractivity contribution >= 4 is 35.0 Å². The smallest absolute Gasteiger partial charge is 0.414 e. The van der Waals surface area contributed by atoms with E-state index >= 15 is 0 Å². The second-order valence-corrected chi connectivity index (χ2v) is 7.75. The number of cyclic esters (lactones) is 1. The lowest BCUT2D eigenvalue weighted by Crippen LogP contribution is -2.24. The number of carboxylic acid groups (broad SMARTS) is 1. The van der Waals surface area contributed by atoms with Crippen molar-refractivity contribution < 1.29 is 23.8 Å². The SMILES string of the molecule is CC(Nc1ccc(Cl)nc1C(=O)O)c1cc(F)cc(N2CCOC2=O)c1.Cc1ccccc1. The molecule has 1 unspecified atom stereocenters. The van der Waals surface area contributed by atoms with E-state index in [0.717, 1.165) is 0 Å². The largest absolute Gasteiger partial charge is 0.476 e. The van der Waals surface area contributed by atoms with Crippen LogP contribution in [0.25, 0.3) is 0 Å². The van der Waals surface area contributed by atoms with E-state index in [1.165, 1.54) is 34.7 Å². The number of aromatic carboxylic acids is 1. The lowest BCUT2D eigenvalue weighted by Gasteiger charge is -2.20. The first-order chi connectivity index (χ1) is 15.7. The third kappa shape index (κ3) is 6.43. The van der Waals surface area contributed by atoms with Crippen LogP contribution in [0.1, 0.15) is 34.6 Å². The number of aryl methyl sites for hydroxylation is 1. The Morgan fingerprint density at radius 3 is 2.52 bits per heavy atom. The van der Waals surface area contributed by atoms with Crippen LogP contribution in [0.2, 0.25) is 5.15 Å². The molecule has 172 valence electrons.